The van der Waals surface area contributed by atoms with E-state index in [1.54, 1.807) is 12.1 Å². The number of ether oxygens (including phenoxy) is 1. The van der Waals surface area contributed by atoms with Gasteiger partial charge >= 0.3 is 0 Å². The lowest BCUT2D eigenvalue weighted by Crippen LogP contribution is -2.37. The number of phenols is 1. The van der Waals surface area contributed by atoms with Crippen LogP contribution < -0.4 is 10.1 Å². The Bertz CT molecular complexity index is 467. The maximum absolute atomic E-state index is 11.8. The Morgan fingerprint density at radius 2 is 2.05 bits per heavy atom. The highest BCUT2D eigenvalue weighted by Crippen LogP contribution is 2.26. The molecule has 0 aromatic heterocycles. The summed E-state index contributed by atoms with van der Waals surface area (Å²) in [5.74, 6) is 0.616. The maximum atomic E-state index is 11.8. The molecular formula is C16H27N2O3+. The third kappa shape index (κ3) is 6.99. The fourth-order valence-corrected chi connectivity index (χ4v) is 2.01. The van der Waals surface area contributed by atoms with Crippen LogP contribution in [0.25, 0.3) is 0 Å². The normalized spacial score (nSPS) is 11.2. The van der Waals surface area contributed by atoms with Crippen LogP contribution >= 0.6 is 0 Å². The Hall–Kier alpha value is -1.75. The number of nitrogens with zero attached hydrogens (tertiary/aromatic N) is 1. The van der Waals surface area contributed by atoms with Crippen molar-refractivity contribution in [2.75, 3.05) is 41.3 Å². The van der Waals surface area contributed by atoms with Crippen LogP contribution in [0, 0.1) is 0 Å². The zero-order valence-corrected chi connectivity index (χ0v) is 13.5. The minimum absolute atomic E-state index is 0.0588. The molecule has 0 saturated carbocycles. The summed E-state index contributed by atoms with van der Waals surface area (Å²) < 4.78 is 5.96. The van der Waals surface area contributed by atoms with Crippen molar-refractivity contribution in [1.29, 1.82) is 0 Å². The number of aryl methyl sites for hydroxylation is 1. The van der Waals surface area contributed by atoms with Gasteiger partial charge < -0.3 is 19.6 Å². The average Bonchev–Trinajstić information content (AvgIpc) is 2.41. The van der Waals surface area contributed by atoms with Crippen molar-refractivity contribution in [3.8, 4) is 11.5 Å². The van der Waals surface area contributed by atoms with E-state index in [4.69, 9.17) is 4.74 Å². The summed E-state index contributed by atoms with van der Waals surface area (Å²) in [6.45, 7) is 1.75. The molecule has 0 fully saturated rings. The number of hydrogen-bond donors (Lipinski definition) is 2. The van der Waals surface area contributed by atoms with Gasteiger partial charge in [-0.25, -0.2) is 0 Å². The number of nitrogens with one attached hydrogen (secondary N) is 1. The van der Waals surface area contributed by atoms with Crippen LogP contribution in [-0.4, -0.2) is 56.8 Å². The number of hydrogen-bond acceptors (Lipinski definition) is 3. The number of carbonyl (C=O) groups is 1. The van der Waals surface area contributed by atoms with E-state index in [0.717, 1.165) is 23.0 Å². The van der Waals surface area contributed by atoms with Crippen LogP contribution in [0.5, 0.6) is 11.5 Å². The van der Waals surface area contributed by atoms with E-state index in [-0.39, 0.29) is 11.7 Å². The number of carbonyl (C=O) groups excluding carboxylic acids is 1. The topological polar surface area (TPSA) is 58.6 Å². The number of rotatable bonds is 8. The molecule has 0 saturated heterocycles. The summed E-state index contributed by atoms with van der Waals surface area (Å²) in [6, 6.07) is 5.16. The third-order valence-corrected chi connectivity index (χ3v) is 3.21. The van der Waals surface area contributed by atoms with E-state index in [2.05, 4.69) is 26.5 Å². The average molecular weight is 295 g/mol. The molecule has 0 unspecified atom stereocenters. The van der Waals surface area contributed by atoms with Gasteiger partial charge in [-0.2, -0.15) is 0 Å². The Kier molecular flexibility index (Phi) is 6.49. The lowest BCUT2D eigenvalue weighted by molar-refractivity contribution is -0.870. The van der Waals surface area contributed by atoms with Crippen LogP contribution in [-0.2, 0) is 11.2 Å². The van der Waals surface area contributed by atoms with Crippen LogP contribution in [0.1, 0.15) is 18.4 Å². The van der Waals surface area contributed by atoms with Gasteiger partial charge in [-0.3, -0.25) is 4.79 Å². The van der Waals surface area contributed by atoms with Crippen molar-refractivity contribution < 1.29 is 19.1 Å². The van der Waals surface area contributed by atoms with Gasteiger partial charge in [0.15, 0.2) is 11.5 Å². The molecule has 0 aliphatic rings. The first kappa shape index (κ1) is 17.3. The maximum Gasteiger partial charge on any atom is 0.220 e. The van der Waals surface area contributed by atoms with Gasteiger partial charge in [0.05, 0.1) is 34.8 Å². The lowest BCUT2D eigenvalue weighted by Gasteiger charge is -2.23. The van der Waals surface area contributed by atoms with Crippen LogP contribution in [0.15, 0.2) is 18.2 Å². The highest BCUT2D eigenvalue weighted by atomic mass is 16.5. The van der Waals surface area contributed by atoms with E-state index in [1.807, 2.05) is 6.07 Å². The molecule has 0 bridgehead atoms. The lowest BCUT2D eigenvalue weighted by atomic mass is 10.1. The molecule has 21 heavy (non-hydrogen) atoms. The molecule has 0 aliphatic carbocycles. The van der Waals surface area contributed by atoms with Crippen LogP contribution in [0.3, 0.4) is 0 Å². The molecule has 0 spiro atoms. The fourth-order valence-electron chi connectivity index (χ4n) is 2.01. The van der Waals surface area contributed by atoms with E-state index < -0.39 is 0 Å². The zero-order valence-electron chi connectivity index (χ0n) is 13.5. The smallest absolute Gasteiger partial charge is 0.220 e. The van der Waals surface area contributed by atoms with Crippen molar-refractivity contribution in [2.45, 2.75) is 19.3 Å². The first-order valence-corrected chi connectivity index (χ1v) is 7.25. The summed E-state index contributed by atoms with van der Waals surface area (Å²) in [6.07, 6.45) is 2.05. The van der Waals surface area contributed by atoms with Gasteiger partial charge in [-0.1, -0.05) is 6.07 Å². The number of benzene rings is 1. The van der Waals surface area contributed by atoms with E-state index in [0.29, 0.717) is 25.1 Å². The molecule has 1 rings (SSSR count). The number of quaternary nitrogens is 1. The van der Waals surface area contributed by atoms with Crippen molar-refractivity contribution in [1.82, 2.24) is 5.32 Å². The summed E-state index contributed by atoms with van der Waals surface area (Å²) in [7, 11) is 7.93. The Morgan fingerprint density at radius 1 is 1.33 bits per heavy atom. The first-order valence-electron chi connectivity index (χ1n) is 7.25. The van der Waals surface area contributed by atoms with Crippen molar-refractivity contribution >= 4 is 5.91 Å². The number of amides is 1. The Morgan fingerprint density at radius 3 is 2.67 bits per heavy atom. The Balaban J connectivity index is 2.30. The number of phenolic OH excluding ortho intramolecular Hbond substituents is 1. The molecule has 0 radical (unpaired) electrons. The minimum atomic E-state index is 0.0588. The van der Waals surface area contributed by atoms with Gasteiger partial charge in [0.2, 0.25) is 5.91 Å². The summed E-state index contributed by atoms with van der Waals surface area (Å²) in [5, 5.41) is 12.5. The molecule has 0 heterocycles. The van der Waals surface area contributed by atoms with Crippen LogP contribution in [0.4, 0.5) is 0 Å². The molecular weight excluding hydrogens is 268 g/mol. The molecule has 118 valence electrons. The number of aromatic hydroxyl groups is 1. The molecule has 1 aromatic carbocycles. The van der Waals surface area contributed by atoms with Gasteiger partial charge in [0.1, 0.15) is 0 Å². The second kappa shape index (κ2) is 7.88. The van der Waals surface area contributed by atoms with E-state index in [9.17, 15) is 9.90 Å². The summed E-state index contributed by atoms with van der Waals surface area (Å²) in [4.78, 5) is 11.8. The van der Waals surface area contributed by atoms with Gasteiger partial charge in [-0.05, 0) is 24.1 Å². The van der Waals surface area contributed by atoms with Crippen molar-refractivity contribution in [2.24, 2.45) is 0 Å². The first-order chi connectivity index (χ1) is 9.81. The van der Waals surface area contributed by atoms with Crippen molar-refractivity contribution in [3.05, 3.63) is 23.8 Å². The molecule has 2 N–H and O–H groups in total. The van der Waals surface area contributed by atoms with Crippen LogP contribution in [0.2, 0.25) is 0 Å². The monoisotopic (exact) mass is 295 g/mol. The quantitative estimate of drug-likeness (QED) is 0.565. The molecule has 5 nitrogen and oxygen atoms in total. The molecule has 1 amide bonds. The van der Waals surface area contributed by atoms with Crippen molar-refractivity contribution in [3.63, 3.8) is 0 Å². The third-order valence-electron chi connectivity index (χ3n) is 3.21. The second-order valence-corrected chi connectivity index (χ2v) is 6.22. The van der Waals surface area contributed by atoms with Gasteiger partial charge in [0.25, 0.3) is 0 Å². The molecule has 1 aromatic rings. The predicted octanol–water partition coefficient (Wildman–Crippen LogP) is 1.55. The summed E-state index contributed by atoms with van der Waals surface area (Å²) >= 11 is 0. The van der Waals surface area contributed by atoms with Gasteiger partial charge in [0, 0.05) is 19.4 Å². The molecule has 0 atom stereocenters. The fraction of sp³-hybridized carbons (Fsp3) is 0.562. The number of methoxy groups -OCH3 is 1. The summed E-state index contributed by atoms with van der Waals surface area (Å²) in [5.41, 5.74) is 0.978. The highest BCUT2D eigenvalue weighted by molar-refractivity contribution is 5.76. The zero-order chi connectivity index (χ0) is 15.9. The largest absolute Gasteiger partial charge is 0.504 e. The SMILES string of the molecule is COc1cc(CCC(=O)NCCC[N+](C)(C)C)ccc1O. The van der Waals surface area contributed by atoms with E-state index in [1.165, 1.54) is 7.11 Å². The Labute approximate surface area is 127 Å². The predicted molar refractivity (Wildman–Crippen MR) is 83.5 cm³/mol. The second-order valence-electron chi connectivity index (χ2n) is 6.22. The van der Waals surface area contributed by atoms with E-state index >= 15 is 0 Å². The van der Waals surface area contributed by atoms with Gasteiger partial charge in [-0.15, -0.1) is 0 Å². The minimum Gasteiger partial charge on any atom is -0.504 e. The molecule has 5 heteroatoms. The molecule has 0 aliphatic heterocycles. The standard InChI is InChI=1S/C16H26N2O3/c1-18(2,3)11-5-10-17-16(20)9-7-13-6-8-14(19)15(12-13)21-4/h6,8,12H,5,7,9-11H2,1-4H3,(H-,17,19,20)/p+1. The highest BCUT2D eigenvalue weighted by Gasteiger charge is 2.08.